The fourth-order valence-corrected chi connectivity index (χ4v) is 2.85. The van der Waals surface area contributed by atoms with E-state index < -0.39 is 0 Å². The van der Waals surface area contributed by atoms with Gasteiger partial charge in [-0.1, -0.05) is 11.6 Å². The molecule has 2 atom stereocenters. The van der Waals surface area contributed by atoms with Crippen molar-refractivity contribution in [1.82, 2.24) is 4.90 Å². The number of hydrogen-bond acceptors (Lipinski definition) is 3. The maximum atomic E-state index is 12.4. The molecule has 1 fully saturated rings. The van der Waals surface area contributed by atoms with Gasteiger partial charge in [-0.15, -0.1) is 0 Å². The third kappa shape index (κ3) is 4.61. The average Bonchev–Trinajstić information content (AvgIpc) is 2.91. The van der Waals surface area contributed by atoms with Gasteiger partial charge in [-0.3, -0.25) is 4.79 Å². The van der Waals surface area contributed by atoms with Crippen LogP contribution in [0.5, 0.6) is 5.75 Å². The molecule has 116 valence electrons. The van der Waals surface area contributed by atoms with Gasteiger partial charge in [0.1, 0.15) is 12.4 Å². The van der Waals surface area contributed by atoms with Crippen molar-refractivity contribution in [2.45, 2.75) is 32.2 Å². The maximum absolute atomic E-state index is 12.4. The monoisotopic (exact) mass is 310 g/mol. The molecule has 1 aromatic rings. The Morgan fingerprint density at radius 1 is 1.38 bits per heavy atom. The molecule has 1 aliphatic rings. The number of likely N-dealkylation sites (N-methyl/N-ethyl adjacent to an activating group) is 1. The number of carbonyl (C=O) groups excluding carboxylic acids is 1. The van der Waals surface area contributed by atoms with Crippen LogP contribution in [0.4, 0.5) is 0 Å². The van der Waals surface area contributed by atoms with Crippen LogP contribution in [0.25, 0.3) is 0 Å². The van der Waals surface area contributed by atoms with E-state index in [9.17, 15) is 4.79 Å². The first-order valence-corrected chi connectivity index (χ1v) is 7.90. The van der Waals surface area contributed by atoms with Gasteiger partial charge in [0.25, 0.3) is 0 Å². The molecule has 1 saturated carbocycles. The Kier molecular flexibility index (Phi) is 5.88. The van der Waals surface area contributed by atoms with Gasteiger partial charge in [-0.25, -0.2) is 0 Å². The Balaban J connectivity index is 1.79. The van der Waals surface area contributed by atoms with Crippen LogP contribution in [-0.4, -0.2) is 36.5 Å². The van der Waals surface area contributed by atoms with Crippen LogP contribution < -0.4 is 10.5 Å². The predicted molar refractivity (Wildman–Crippen MR) is 84.5 cm³/mol. The fourth-order valence-electron chi connectivity index (χ4n) is 2.73. The predicted octanol–water partition coefficient (Wildman–Crippen LogP) is 2.69. The molecular weight excluding hydrogens is 288 g/mol. The molecule has 21 heavy (non-hydrogen) atoms. The second-order valence-corrected chi connectivity index (χ2v) is 5.93. The lowest BCUT2D eigenvalue weighted by Crippen LogP contribution is -2.38. The van der Waals surface area contributed by atoms with Crippen LogP contribution in [0.15, 0.2) is 24.3 Å². The summed E-state index contributed by atoms with van der Waals surface area (Å²) in [7, 11) is 0. The largest absolute Gasteiger partial charge is 0.492 e. The first-order valence-electron chi connectivity index (χ1n) is 7.53. The van der Waals surface area contributed by atoms with Crippen molar-refractivity contribution in [3.63, 3.8) is 0 Å². The Hall–Kier alpha value is -1.26. The number of halogens is 1. The number of nitrogens with zero attached hydrogens (tertiary/aromatic N) is 1. The minimum absolute atomic E-state index is 0.0930. The number of benzene rings is 1. The molecule has 0 bridgehead atoms. The summed E-state index contributed by atoms with van der Waals surface area (Å²) in [6, 6.07) is 7.43. The van der Waals surface area contributed by atoms with Gasteiger partial charge >= 0.3 is 0 Å². The van der Waals surface area contributed by atoms with Gasteiger partial charge in [-0.2, -0.15) is 0 Å². The van der Waals surface area contributed by atoms with Crippen molar-refractivity contribution in [2.24, 2.45) is 11.7 Å². The lowest BCUT2D eigenvalue weighted by molar-refractivity contribution is -0.135. The number of ether oxygens (including phenoxy) is 1. The van der Waals surface area contributed by atoms with Crippen molar-refractivity contribution in [3.8, 4) is 5.75 Å². The van der Waals surface area contributed by atoms with Crippen LogP contribution >= 0.6 is 11.6 Å². The third-order valence-corrected chi connectivity index (χ3v) is 4.21. The number of amides is 1. The molecule has 5 heteroatoms. The highest BCUT2D eigenvalue weighted by atomic mass is 35.5. The molecule has 2 rings (SSSR count). The van der Waals surface area contributed by atoms with E-state index in [4.69, 9.17) is 22.1 Å². The summed E-state index contributed by atoms with van der Waals surface area (Å²) in [5.41, 5.74) is 5.89. The SMILES string of the molecule is CCN(CCOc1ccc(Cl)cc1)C(=O)[C@H]1CC[C@@H](N)C1. The lowest BCUT2D eigenvalue weighted by Gasteiger charge is -2.24. The average molecular weight is 311 g/mol. The maximum Gasteiger partial charge on any atom is 0.225 e. The van der Waals surface area contributed by atoms with Crippen molar-refractivity contribution < 1.29 is 9.53 Å². The summed E-state index contributed by atoms with van der Waals surface area (Å²) < 4.78 is 5.65. The van der Waals surface area contributed by atoms with E-state index in [2.05, 4.69) is 0 Å². The molecule has 1 amide bonds. The minimum atomic E-state index is 0.0930. The van der Waals surface area contributed by atoms with Crippen LogP contribution in [0.2, 0.25) is 5.02 Å². The Bertz CT molecular complexity index is 464. The summed E-state index contributed by atoms with van der Waals surface area (Å²) in [6.07, 6.45) is 2.68. The lowest BCUT2D eigenvalue weighted by atomic mass is 10.1. The van der Waals surface area contributed by atoms with Crippen LogP contribution in [0.1, 0.15) is 26.2 Å². The molecule has 0 unspecified atom stereocenters. The van der Waals surface area contributed by atoms with Crippen LogP contribution in [-0.2, 0) is 4.79 Å². The molecule has 1 aromatic carbocycles. The zero-order valence-corrected chi connectivity index (χ0v) is 13.2. The van der Waals surface area contributed by atoms with Crippen molar-refractivity contribution in [2.75, 3.05) is 19.7 Å². The van der Waals surface area contributed by atoms with E-state index in [1.165, 1.54) is 0 Å². The van der Waals surface area contributed by atoms with E-state index in [0.29, 0.717) is 24.7 Å². The molecule has 0 aliphatic heterocycles. The van der Waals surface area contributed by atoms with E-state index in [1.54, 1.807) is 12.1 Å². The highest BCUT2D eigenvalue weighted by Gasteiger charge is 2.30. The smallest absolute Gasteiger partial charge is 0.225 e. The van der Waals surface area contributed by atoms with Gasteiger partial charge in [-0.05, 0) is 50.5 Å². The Labute approximate surface area is 131 Å². The third-order valence-electron chi connectivity index (χ3n) is 3.96. The minimum Gasteiger partial charge on any atom is -0.492 e. The topological polar surface area (TPSA) is 55.6 Å². The van der Waals surface area contributed by atoms with E-state index in [-0.39, 0.29) is 17.9 Å². The van der Waals surface area contributed by atoms with Gasteiger partial charge < -0.3 is 15.4 Å². The summed E-state index contributed by atoms with van der Waals surface area (Å²) in [4.78, 5) is 14.3. The second kappa shape index (κ2) is 7.66. The fraction of sp³-hybridized carbons (Fsp3) is 0.562. The van der Waals surface area contributed by atoms with Gasteiger partial charge in [0, 0.05) is 23.5 Å². The molecule has 0 heterocycles. The number of carbonyl (C=O) groups is 1. The van der Waals surface area contributed by atoms with E-state index >= 15 is 0 Å². The van der Waals surface area contributed by atoms with Crippen molar-refractivity contribution >= 4 is 17.5 Å². The van der Waals surface area contributed by atoms with E-state index in [1.807, 2.05) is 24.0 Å². The number of rotatable bonds is 6. The summed E-state index contributed by atoms with van der Waals surface area (Å²) in [5.74, 6) is 1.08. The van der Waals surface area contributed by atoms with Gasteiger partial charge in [0.05, 0.1) is 6.54 Å². The summed E-state index contributed by atoms with van der Waals surface area (Å²) in [6.45, 7) is 3.79. The van der Waals surface area contributed by atoms with Gasteiger partial charge in [0.2, 0.25) is 5.91 Å². The highest BCUT2D eigenvalue weighted by molar-refractivity contribution is 6.30. The molecule has 0 saturated heterocycles. The highest BCUT2D eigenvalue weighted by Crippen LogP contribution is 2.26. The van der Waals surface area contributed by atoms with Gasteiger partial charge in [0.15, 0.2) is 0 Å². The summed E-state index contributed by atoms with van der Waals surface area (Å²) >= 11 is 5.83. The molecule has 0 aromatic heterocycles. The second-order valence-electron chi connectivity index (χ2n) is 5.49. The Morgan fingerprint density at radius 3 is 2.67 bits per heavy atom. The standard InChI is InChI=1S/C16H23ClN2O2/c1-2-19(16(20)12-3-6-14(18)11-12)9-10-21-15-7-4-13(17)5-8-15/h4-5,7-8,12,14H,2-3,6,9-11,18H2,1H3/t12-,14+/m0/s1. The zero-order chi connectivity index (χ0) is 15.2. The first kappa shape index (κ1) is 16.1. The van der Waals surface area contributed by atoms with Crippen LogP contribution in [0.3, 0.4) is 0 Å². The molecule has 4 nitrogen and oxygen atoms in total. The number of hydrogen-bond donors (Lipinski definition) is 1. The van der Waals surface area contributed by atoms with Crippen molar-refractivity contribution in [3.05, 3.63) is 29.3 Å². The summed E-state index contributed by atoms with van der Waals surface area (Å²) in [5, 5.41) is 0.685. The molecule has 2 N–H and O–H groups in total. The van der Waals surface area contributed by atoms with Crippen molar-refractivity contribution in [1.29, 1.82) is 0 Å². The molecule has 1 aliphatic carbocycles. The molecule has 0 radical (unpaired) electrons. The Morgan fingerprint density at radius 2 is 2.10 bits per heavy atom. The zero-order valence-electron chi connectivity index (χ0n) is 12.4. The number of nitrogens with two attached hydrogens (primary N) is 1. The van der Waals surface area contributed by atoms with Crippen LogP contribution in [0, 0.1) is 5.92 Å². The first-order chi connectivity index (χ1) is 10.1. The normalized spacial score (nSPS) is 21.3. The van der Waals surface area contributed by atoms with E-state index in [0.717, 1.165) is 25.0 Å². The molecular formula is C16H23ClN2O2. The quantitative estimate of drug-likeness (QED) is 0.879. The molecule has 0 spiro atoms.